The van der Waals surface area contributed by atoms with Crippen LogP contribution in [0, 0.1) is 0 Å². The third kappa shape index (κ3) is 2.11. The molecule has 0 saturated heterocycles. The summed E-state index contributed by atoms with van der Waals surface area (Å²) in [6.07, 6.45) is 11.8. The minimum atomic E-state index is 0.500. The standard InChI is InChI=1S/C12H18N6/c13-17-10-8-18-7-6-14-12(18)11(16-10)15-9-4-2-1-3-5-9/h6-9,17H,1-5,13H2,(H,15,16). The Balaban J connectivity index is 1.91. The Morgan fingerprint density at radius 3 is 2.89 bits per heavy atom. The van der Waals surface area contributed by atoms with Crippen molar-refractivity contribution in [2.75, 3.05) is 10.7 Å². The second kappa shape index (κ2) is 4.81. The Morgan fingerprint density at radius 1 is 1.28 bits per heavy atom. The Hall–Kier alpha value is -1.82. The molecule has 1 aliphatic rings. The normalized spacial score (nSPS) is 16.9. The molecule has 0 aliphatic heterocycles. The molecule has 3 rings (SSSR count). The molecule has 1 saturated carbocycles. The van der Waals surface area contributed by atoms with Crippen molar-refractivity contribution in [3.63, 3.8) is 0 Å². The Kier molecular flexibility index (Phi) is 3.02. The van der Waals surface area contributed by atoms with Crippen LogP contribution in [-0.2, 0) is 0 Å². The van der Waals surface area contributed by atoms with Crippen LogP contribution in [0.15, 0.2) is 18.6 Å². The number of nitrogens with one attached hydrogen (secondary N) is 2. The zero-order valence-corrected chi connectivity index (χ0v) is 10.3. The van der Waals surface area contributed by atoms with Gasteiger partial charge < -0.3 is 15.1 Å². The van der Waals surface area contributed by atoms with Crippen molar-refractivity contribution >= 4 is 17.3 Å². The van der Waals surface area contributed by atoms with Gasteiger partial charge in [0, 0.05) is 18.4 Å². The molecule has 1 aliphatic carbocycles. The number of imidazole rings is 1. The van der Waals surface area contributed by atoms with Crippen molar-refractivity contribution in [2.45, 2.75) is 38.1 Å². The summed E-state index contributed by atoms with van der Waals surface area (Å²) in [4.78, 5) is 8.78. The summed E-state index contributed by atoms with van der Waals surface area (Å²) in [5.74, 6) is 6.88. The van der Waals surface area contributed by atoms with Crippen LogP contribution in [0.2, 0.25) is 0 Å². The predicted molar refractivity (Wildman–Crippen MR) is 71.3 cm³/mol. The number of anilines is 2. The second-order valence-corrected chi connectivity index (χ2v) is 4.76. The lowest BCUT2D eigenvalue weighted by atomic mass is 9.95. The highest BCUT2D eigenvalue weighted by molar-refractivity contribution is 5.65. The molecular weight excluding hydrogens is 228 g/mol. The number of rotatable bonds is 3. The summed E-state index contributed by atoms with van der Waals surface area (Å²) in [6, 6.07) is 0.500. The fraction of sp³-hybridized carbons (Fsp3) is 0.500. The molecule has 18 heavy (non-hydrogen) atoms. The molecule has 0 spiro atoms. The van der Waals surface area contributed by atoms with Crippen LogP contribution >= 0.6 is 0 Å². The van der Waals surface area contributed by atoms with Crippen LogP contribution in [0.1, 0.15) is 32.1 Å². The average Bonchev–Trinajstić information content (AvgIpc) is 2.88. The first-order valence-electron chi connectivity index (χ1n) is 6.43. The predicted octanol–water partition coefficient (Wildman–Crippen LogP) is 1.76. The molecular formula is C12H18N6. The van der Waals surface area contributed by atoms with E-state index >= 15 is 0 Å². The molecule has 0 bridgehead atoms. The van der Waals surface area contributed by atoms with Crippen molar-refractivity contribution < 1.29 is 0 Å². The first kappa shape index (κ1) is 11.3. The molecule has 2 aromatic heterocycles. The van der Waals surface area contributed by atoms with Gasteiger partial charge in [0.2, 0.25) is 0 Å². The molecule has 4 N–H and O–H groups in total. The number of hydrogen-bond acceptors (Lipinski definition) is 5. The largest absolute Gasteiger partial charge is 0.364 e. The van der Waals surface area contributed by atoms with Crippen molar-refractivity contribution in [1.29, 1.82) is 0 Å². The van der Waals surface area contributed by atoms with Gasteiger partial charge in [-0.25, -0.2) is 15.8 Å². The quantitative estimate of drug-likeness (QED) is 0.568. The van der Waals surface area contributed by atoms with E-state index in [0.29, 0.717) is 11.9 Å². The first-order valence-corrected chi connectivity index (χ1v) is 6.43. The number of nitrogen functional groups attached to an aromatic ring is 1. The fourth-order valence-electron chi connectivity index (χ4n) is 2.54. The van der Waals surface area contributed by atoms with Gasteiger partial charge in [0.1, 0.15) is 0 Å². The monoisotopic (exact) mass is 246 g/mol. The lowest BCUT2D eigenvalue weighted by molar-refractivity contribution is 0.462. The number of hydrogen-bond donors (Lipinski definition) is 3. The fourth-order valence-corrected chi connectivity index (χ4v) is 2.54. The number of nitrogens with zero attached hydrogens (tertiary/aromatic N) is 3. The molecule has 2 heterocycles. The summed E-state index contributed by atoms with van der Waals surface area (Å²) >= 11 is 0. The van der Waals surface area contributed by atoms with E-state index in [1.807, 2.05) is 16.8 Å². The van der Waals surface area contributed by atoms with Crippen LogP contribution < -0.4 is 16.6 Å². The van der Waals surface area contributed by atoms with Crippen molar-refractivity contribution in [2.24, 2.45) is 5.84 Å². The molecule has 6 nitrogen and oxygen atoms in total. The highest BCUT2D eigenvalue weighted by Gasteiger charge is 2.16. The van der Waals surface area contributed by atoms with E-state index in [1.54, 1.807) is 6.20 Å². The van der Waals surface area contributed by atoms with E-state index in [-0.39, 0.29) is 0 Å². The lowest BCUT2D eigenvalue weighted by Crippen LogP contribution is -2.23. The minimum Gasteiger partial charge on any atom is -0.364 e. The number of nitrogens with two attached hydrogens (primary N) is 1. The summed E-state index contributed by atoms with van der Waals surface area (Å²) in [5.41, 5.74) is 3.43. The Labute approximate surface area is 106 Å². The van der Waals surface area contributed by atoms with Crippen molar-refractivity contribution in [1.82, 2.24) is 14.4 Å². The topological polar surface area (TPSA) is 80.3 Å². The van der Waals surface area contributed by atoms with Gasteiger partial charge in [-0.1, -0.05) is 19.3 Å². The second-order valence-electron chi connectivity index (χ2n) is 4.76. The number of fused-ring (bicyclic) bond motifs is 1. The van der Waals surface area contributed by atoms with Crippen LogP contribution in [-0.4, -0.2) is 20.4 Å². The van der Waals surface area contributed by atoms with Crippen LogP contribution in [0.3, 0.4) is 0 Å². The first-order chi connectivity index (χ1) is 8.86. The van der Waals surface area contributed by atoms with Crippen LogP contribution in [0.4, 0.5) is 11.6 Å². The summed E-state index contributed by atoms with van der Waals surface area (Å²) in [6.45, 7) is 0. The molecule has 96 valence electrons. The zero-order chi connectivity index (χ0) is 12.4. The molecule has 0 aromatic carbocycles. The Morgan fingerprint density at radius 2 is 2.11 bits per heavy atom. The molecule has 2 aromatic rings. The van der Waals surface area contributed by atoms with Gasteiger partial charge in [0.15, 0.2) is 17.3 Å². The molecule has 1 fully saturated rings. The molecule has 6 heteroatoms. The van der Waals surface area contributed by atoms with Gasteiger partial charge in [-0.05, 0) is 12.8 Å². The molecule has 0 unspecified atom stereocenters. The average molecular weight is 246 g/mol. The smallest absolute Gasteiger partial charge is 0.180 e. The lowest BCUT2D eigenvalue weighted by Gasteiger charge is -2.23. The number of hydrazine groups is 1. The third-order valence-electron chi connectivity index (χ3n) is 3.47. The summed E-state index contributed by atoms with van der Waals surface area (Å²) in [5, 5.41) is 3.49. The van der Waals surface area contributed by atoms with Gasteiger partial charge in [-0.3, -0.25) is 0 Å². The highest BCUT2D eigenvalue weighted by Crippen LogP contribution is 2.23. The van der Waals surface area contributed by atoms with Gasteiger partial charge in [-0.2, -0.15) is 0 Å². The van der Waals surface area contributed by atoms with Crippen LogP contribution in [0.5, 0.6) is 0 Å². The maximum absolute atomic E-state index is 5.44. The van der Waals surface area contributed by atoms with E-state index < -0.39 is 0 Å². The zero-order valence-electron chi connectivity index (χ0n) is 10.3. The van der Waals surface area contributed by atoms with E-state index in [2.05, 4.69) is 20.7 Å². The molecule has 0 radical (unpaired) electrons. The van der Waals surface area contributed by atoms with Gasteiger partial charge in [0.25, 0.3) is 0 Å². The maximum atomic E-state index is 5.44. The SMILES string of the molecule is NNc1cn2ccnc2c(NC2CCCCC2)n1. The summed E-state index contributed by atoms with van der Waals surface area (Å²) in [7, 11) is 0. The van der Waals surface area contributed by atoms with Gasteiger partial charge in [0.05, 0.1) is 6.20 Å². The van der Waals surface area contributed by atoms with Crippen molar-refractivity contribution in [3.05, 3.63) is 18.6 Å². The number of aromatic nitrogens is 3. The molecule has 0 atom stereocenters. The van der Waals surface area contributed by atoms with E-state index in [0.717, 1.165) is 11.5 Å². The van der Waals surface area contributed by atoms with E-state index in [4.69, 9.17) is 5.84 Å². The van der Waals surface area contributed by atoms with E-state index in [1.165, 1.54) is 32.1 Å². The van der Waals surface area contributed by atoms with E-state index in [9.17, 15) is 0 Å². The van der Waals surface area contributed by atoms with Gasteiger partial charge in [-0.15, -0.1) is 0 Å². The van der Waals surface area contributed by atoms with Gasteiger partial charge >= 0.3 is 0 Å². The highest BCUT2D eigenvalue weighted by atomic mass is 15.3. The molecule has 0 amide bonds. The summed E-state index contributed by atoms with van der Waals surface area (Å²) < 4.78 is 1.92. The third-order valence-corrected chi connectivity index (χ3v) is 3.47. The maximum Gasteiger partial charge on any atom is 0.180 e. The van der Waals surface area contributed by atoms with Crippen molar-refractivity contribution in [3.8, 4) is 0 Å². The Bertz CT molecular complexity index is 528. The minimum absolute atomic E-state index is 0.500. The van der Waals surface area contributed by atoms with Crippen LogP contribution in [0.25, 0.3) is 5.65 Å².